The van der Waals surface area contributed by atoms with Gasteiger partial charge in [-0.3, -0.25) is 0 Å². The molecule has 2 heteroatoms. The number of aliphatic hydroxyl groups is 1. The zero-order valence-electron chi connectivity index (χ0n) is 9.26. The van der Waals surface area contributed by atoms with E-state index in [1.807, 2.05) is 13.8 Å². The second kappa shape index (κ2) is 5.08. The smallest absolute Gasteiger partial charge is 0.123 e. The number of halogens is 1. The summed E-state index contributed by atoms with van der Waals surface area (Å²) in [6.45, 7) is 7.64. The van der Waals surface area contributed by atoms with E-state index >= 15 is 0 Å². The average molecular weight is 208 g/mol. The molecule has 1 atom stereocenters. The normalized spacial score (nSPS) is 12.5. The highest BCUT2D eigenvalue weighted by atomic mass is 19.1. The minimum absolute atomic E-state index is 0.300. The molecule has 0 radical (unpaired) electrons. The standard InChI is InChI=1S/C13H17FO/c1-4-9(2)7-13(15)11-5-10(3)6-12(14)8-11/h5-6,8,13,15H,2,4,7H2,1,3H3. The number of aliphatic hydroxyl groups excluding tert-OH is 1. The van der Waals surface area contributed by atoms with E-state index in [4.69, 9.17) is 0 Å². The van der Waals surface area contributed by atoms with E-state index < -0.39 is 6.10 Å². The topological polar surface area (TPSA) is 20.2 Å². The number of rotatable bonds is 4. The Morgan fingerprint density at radius 1 is 1.47 bits per heavy atom. The first kappa shape index (κ1) is 11.9. The van der Waals surface area contributed by atoms with Gasteiger partial charge >= 0.3 is 0 Å². The van der Waals surface area contributed by atoms with Gasteiger partial charge in [0.1, 0.15) is 5.82 Å². The highest BCUT2D eigenvalue weighted by molar-refractivity contribution is 5.26. The SMILES string of the molecule is C=C(CC)CC(O)c1cc(C)cc(F)c1. The van der Waals surface area contributed by atoms with Crippen LogP contribution in [0, 0.1) is 12.7 Å². The van der Waals surface area contributed by atoms with Crippen molar-refractivity contribution in [2.24, 2.45) is 0 Å². The van der Waals surface area contributed by atoms with Crippen molar-refractivity contribution in [1.29, 1.82) is 0 Å². The first-order valence-corrected chi connectivity index (χ1v) is 5.14. The lowest BCUT2D eigenvalue weighted by molar-refractivity contribution is 0.177. The third-order valence-electron chi connectivity index (χ3n) is 2.43. The Balaban J connectivity index is 2.81. The highest BCUT2D eigenvalue weighted by Crippen LogP contribution is 2.23. The summed E-state index contributed by atoms with van der Waals surface area (Å²) < 4.78 is 13.1. The Hall–Kier alpha value is -1.15. The molecular formula is C13H17FO. The van der Waals surface area contributed by atoms with Crippen LogP contribution in [0.3, 0.4) is 0 Å². The molecule has 1 N–H and O–H groups in total. The summed E-state index contributed by atoms with van der Waals surface area (Å²) in [5.74, 6) is -0.300. The van der Waals surface area contributed by atoms with Gasteiger partial charge in [-0.15, -0.1) is 0 Å². The van der Waals surface area contributed by atoms with Gasteiger partial charge in [-0.2, -0.15) is 0 Å². The van der Waals surface area contributed by atoms with Gasteiger partial charge in [-0.05, 0) is 43.0 Å². The Labute approximate surface area is 90.3 Å². The summed E-state index contributed by atoms with van der Waals surface area (Å²) >= 11 is 0. The van der Waals surface area contributed by atoms with Crippen LogP contribution in [0.5, 0.6) is 0 Å². The minimum Gasteiger partial charge on any atom is -0.388 e. The van der Waals surface area contributed by atoms with Crippen molar-refractivity contribution < 1.29 is 9.50 Å². The van der Waals surface area contributed by atoms with Crippen LogP contribution in [0.4, 0.5) is 4.39 Å². The van der Waals surface area contributed by atoms with Crippen molar-refractivity contribution in [3.05, 3.63) is 47.3 Å². The fourth-order valence-electron chi connectivity index (χ4n) is 1.49. The van der Waals surface area contributed by atoms with Gasteiger partial charge in [0, 0.05) is 0 Å². The molecule has 0 spiro atoms. The van der Waals surface area contributed by atoms with E-state index in [2.05, 4.69) is 6.58 Å². The van der Waals surface area contributed by atoms with Crippen LogP contribution in [0.2, 0.25) is 0 Å². The first-order valence-electron chi connectivity index (χ1n) is 5.14. The molecule has 0 saturated heterocycles. The van der Waals surface area contributed by atoms with E-state index in [0.29, 0.717) is 12.0 Å². The number of hydrogen-bond donors (Lipinski definition) is 1. The molecule has 0 aliphatic heterocycles. The Morgan fingerprint density at radius 2 is 2.13 bits per heavy atom. The van der Waals surface area contributed by atoms with Crippen LogP contribution in [0.25, 0.3) is 0 Å². The fraction of sp³-hybridized carbons (Fsp3) is 0.385. The molecule has 1 rings (SSSR count). The van der Waals surface area contributed by atoms with Gasteiger partial charge in [0.15, 0.2) is 0 Å². The zero-order valence-corrected chi connectivity index (χ0v) is 9.26. The van der Waals surface area contributed by atoms with E-state index in [1.165, 1.54) is 12.1 Å². The van der Waals surface area contributed by atoms with Crippen LogP contribution >= 0.6 is 0 Å². The van der Waals surface area contributed by atoms with Crippen LogP contribution in [0.15, 0.2) is 30.4 Å². The van der Waals surface area contributed by atoms with Crippen LogP contribution in [-0.2, 0) is 0 Å². The second-order valence-corrected chi connectivity index (χ2v) is 3.89. The third-order valence-corrected chi connectivity index (χ3v) is 2.43. The molecule has 0 heterocycles. The average Bonchev–Trinajstić information content (AvgIpc) is 2.16. The monoisotopic (exact) mass is 208 g/mol. The largest absolute Gasteiger partial charge is 0.388 e. The van der Waals surface area contributed by atoms with Crippen LogP contribution in [-0.4, -0.2) is 5.11 Å². The van der Waals surface area contributed by atoms with E-state index in [1.54, 1.807) is 6.07 Å². The van der Waals surface area contributed by atoms with Crippen LogP contribution in [0.1, 0.15) is 37.0 Å². The Morgan fingerprint density at radius 3 is 2.67 bits per heavy atom. The predicted molar refractivity (Wildman–Crippen MR) is 60.1 cm³/mol. The lowest BCUT2D eigenvalue weighted by Crippen LogP contribution is -2.00. The summed E-state index contributed by atoms with van der Waals surface area (Å²) in [7, 11) is 0. The Kier molecular flexibility index (Phi) is 4.04. The molecule has 0 aliphatic carbocycles. The molecule has 1 aromatic carbocycles. The van der Waals surface area contributed by atoms with E-state index in [9.17, 15) is 9.50 Å². The third kappa shape index (κ3) is 3.48. The van der Waals surface area contributed by atoms with Crippen molar-refractivity contribution in [3.63, 3.8) is 0 Å². The van der Waals surface area contributed by atoms with Crippen molar-refractivity contribution in [1.82, 2.24) is 0 Å². The molecular weight excluding hydrogens is 191 g/mol. The number of aryl methyl sites for hydroxylation is 1. The van der Waals surface area contributed by atoms with Crippen molar-refractivity contribution in [2.75, 3.05) is 0 Å². The summed E-state index contributed by atoms with van der Waals surface area (Å²) in [6.07, 6.45) is 0.692. The minimum atomic E-state index is -0.646. The van der Waals surface area contributed by atoms with Gasteiger partial charge in [0.25, 0.3) is 0 Å². The molecule has 0 aliphatic rings. The lowest BCUT2D eigenvalue weighted by Gasteiger charge is -2.12. The van der Waals surface area contributed by atoms with Gasteiger partial charge in [0.05, 0.1) is 6.10 Å². The van der Waals surface area contributed by atoms with Gasteiger partial charge in [-0.25, -0.2) is 4.39 Å². The quantitative estimate of drug-likeness (QED) is 0.750. The fourth-order valence-corrected chi connectivity index (χ4v) is 1.49. The maximum atomic E-state index is 13.1. The Bertz CT molecular complexity index is 337. The molecule has 0 aromatic heterocycles. The molecule has 0 bridgehead atoms. The molecule has 15 heavy (non-hydrogen) atoms. The molecule has 1 unspecified atom stereocenters. The second-order valence-electron chi connectivity index (χ2n) is 3.89. The number of benzene rings is 1. The van der Waals surface area contributed by atoms with Gasteiger partial charge in [0.2, 0.25) is 0 Å². The van der Waals surface area contributed by atoms with E-state index in [-0.39, 0.29) is 5.82 Å². The van der Waals surface area contributed by atoms with Gasteiger partial charge in [-0.1, -0.05) is 25.1 Å². The maximum absolute atomic E-state index is 13.1. The highest BCUT2D eigenvalue weighted by Gasteiger charge is 2.10. The number of hydrogen-bond acceptors (Lipinski definition) is 1. The predicted octanol–water partition coefficient (Wildman–Crippen LogP) is 3.52. The van der Waals surface area contributed by atoms with Crippen molar-refractivity contribution in [3.8, 4) is 0 Å². The van der Waals surface area contributed by atoms with Crippen molar-refractivity contribution in [2.45, 2.75) is 32.8 Å². The van der Waals surface area contributed by atoms with Crippen molar-refractivity contribution >= 4 is 0 Å². The maximum Gasteiger partial charge on any atom is 0.123 e. The lowest BCUT2D eigenvalue weighted by atomic mass is 9.99. The molecule has 0 amide bonds. The van der Waals surface area contributed by atoms with Crippen LogP contribution < -0.4 is 0 Å². The molecule has 1 aromatic rings. The summed E-state index contributed by atoms with van der Waals surface area (Å²) in [6, 6.07) is 4.63. The zero-order chi connectivity index (χ0) is 11.4. The molecule has 82 valence electrons. The summed E-state index contributed by atoms with van der Waals surface area (Å²) in [5.41, 5.74) is 2.43. The molecule has 0 saturated carbocycles. The molecule has 1 nitrogen and oxygen atoms in total. The van der Waals surface area contributed by atoms with E-state index in [0.717, 1.165) is 17.6 Å². The molecule has 0 fully saturated rings. The summed E-state index contributed by atoms with van der Waals surface area (Å²) in [4.78, 5) is 0. The van der Waals surface area contributed by atoms with Gasteiger partial charge < -0.3 is 5.11 Å². The first-order chi connectivity index (χ1) is 7.02. The summed E-state index contributed by atoms with van der Waals surface area (Å²) in [5, 5.41) is 9.84.